The third kappa shape index (κ3) is 3.73. The fourth-order valence-electron chi connectivity index (χ4n) is 3.20. The molecule has 0 saturated carbocycles. The first-order chi connectivity index (χ1) is 13.5. The van der Waals surface area contributed by atoms with Crippen molar-refractivity contribution >= 4 is 22.4 Å². The Morgan fingerprint density at radius 2 is 1.93 bits per heavy atom. The smallest absolute Gasteiger partial charge is 0.267 e. The van der Waals surface area contributed by atoms with Gasteiger partial charge in [0.2, 0.25) is 0 Å². The normalized spacial score (nSPS) is 14.4. The predicted octanol–water partition coefficient (Wildman–Crippen LogP) is 3.58. The van der Waals surface area contributed by atoms with Gasteiger partial charge in [-0.05, 0) is 62.9 Å². The third-order valence-corrected chi connectivity index (χ3v) is 5.86. The van der Waals surface area contributed by atoms with Crippen LogP contribution < -0.4 is 10.9 Å². The van der Waals surface area contributed by atoms with Crippen LogP contribution in [0.2, 0.25) is 0 Å². The summed E-state index contributed by atoms with van der Waals surface area (Å²) in [6, 6.07) is 7.92. The number of hydrogen-bond acceptors (Lipinski definition) is 5. The van der Waals surface area contributed by atoms with Gasteiger partial charge in [0.15, 0.2) is 5.13 Å². The van der Waals surface area contributed by atoms with Gasteiger partial charge in [0, 0.05) is 16.5 Å². The number of nitrogens with one attached hydrogen (secondary N) is 1. The Hall–Kier alpha value is -2.87. The van der Waals surface area contributed by atoms with Crippen molar-refractivity contribution in [1.29, 1.82) is 0 Å². The molecule has 1 aliphatic rings. The van der Waals surface area contributed by atoms with E-state index in [1.165, 1.54) is 34.4 Å². The number of fused-ring (bicyclic) bond motifs is 1. The maximum Gasteiger partial charge on any atom is 0.267 e. The van der Waals surface area contributed by atoms with E-state index < -0.39 is 6.04 Å². The first kappa shape index (κ1) is 18.5. The summed E-state index contributed by atoms with van der Waals surface area (Å²) in [4.78, 5) is 30.7. The average Bonchev–Trinajstić information content (AvgIpc) is 3.10. The molecule has 8 heteroatoms. The van der Waals surface area contributed by atoms with Crippen LogP contribution in [0.1, 0.15) is 36.4 Å². The third-order valence-electron chi connectivity index (χ3n) is 4.79. The number of rotatable bonds is 4. The lowest BCUT2D eigenvalue weighted by molar-refractivity contribution is -0.119. The number of benzene rings is 1. The van der Waals surface area contributed by atoms with Gasteiger partial charge in [0.05, 0.1) is 11.4 Å². The fourth-order valence-corrected chi connectivity index (χ4v) is 4.26. The minimum atomic E-state index is -0.811. The summed E-state index contributed by atoms with van der Waals surface area (Å²) in [5, 5.41) is 7.68. The Bertz CT molecular complexity index is 1050. The van der Waals surface area contributed by atoms with E-state index in [1.54, 1.807) is 25.1 Å². The van der Waals surface area contributed by atoms with E-state index in [-0.39, 0.29) is 17.3 Å². The summed E-state index contributed by atoms with van der Waals surface area (Å²) in [5.74, 6) is -0.701. The van der Waals surface area contributed by atoms with Crippen LogP contribution in [0.15, 0.2) is 41.2 Å². The molecule has 1 amide bonds. The van der Waals surface area contributed by atoms with Crippen LogP contribution in [-0.2, 0) is 17.6 Å². The molecule has 1 aromatic carbocycles. The van der Waals surface area contributed by atoms with Gasteiger partial charge in [-0.1, -0.05) is 0 Å². The highest BCUT2D eigenvalue weighted by Gasteiger charge is 2.21. The predicted molar refractivity (Wildman–Crippen MR) is 106 cm³/mol. The van der Waals surface area contributed by atoms with Crippen LogP contribution in [-0.4, -0.2) is 20.7 Å². The molecule has 28 heavy (non-hydrogen) atoms. The van der Waals surface area contributed by atoms with Gasteiger partial charge in [-0.3, -0.25) is 9.59 Å². The molecule has 1 aliphatic carbocycles. The average molecular weight is 398 g/mol. The van der Waals surface area contributed by atoms with E-state index in [1.807, 2.05) is 0 Å². The van der Waals surface area contributed by atoms with Gasteiger partial charge in [0.1, 0.15) is 11.9 Å². The standard InChI is InChI=1S/C20H19FN4O2S/c1-12(19(27)23-20-22-16-4-2-3-5-17(16)28-20)25-18(26)11-10-15(24-25)13-6-8-14(21)9-7-13/h6-12H,2-5H2,1H3,(H,22,23,27)/t12-/m1/s1. The zero-order valence-corrected chi connectivity index (χ0v) is 16.1. The molecule has 144 valence electrons. The largest absolute Gasteiger partial charge is 0.300 e. The van der Waals surface area contributed by atoms with Gasteiger partial charge in [-0.2, -0.15) is 5.10 Å². The lowest BCUT2D eigenvalue weighted by Crippen LogP contribution is -2.33. The highest BCUT2D eigenvalue weighted by atomic mass is 32.1. The lowest BCUT2D eigenvalue weighted by Gasteiger charge is -2.14. The van der Waals surface area contributed by atoms with E-state index in [2.05, 4.69) is 15.4 Å². The molecule has 2 heterocycles. The lowest BCUT2D eigenvalue weighted by atomic mass is 10.0. The maximum atomic E-state index is 13.1. The van der Waals surface area contributed by atoms with Crippen molar-refractivity contribution < 1.29 is 9.18 Å². The number of thiazole rings is 1. The molecule has 2 aromatic heterocycles. The minimum absolute atomic E-state index is 0.350. The van der Waals surface area contributed by atoms with Crippen molar-refractivity contribution in [3.05, 3.63) is 63.1 Å². The number of amides is 1. The molecule has 3 aromatic rings. The van der Waals surface area contributed by atoms with Crippen molar-refractivity contribution in [3.8, 4) is 11.3 Å². The van der Waals surface area contributed by atoms with Crippen molar-refractivity contribution in [3.63, 3.8) is 0 Å². The molecule has 1 atom stereocenters. The topological polar surface area (TPSA) is 76.9 Å². The van der Waals surface area contributed by atoms with E-state index in [0.29, 0.717) is 16.4 Å². The Kier molecular flexibility index (Phi) is 5.04. The number of carbonyl (C=O) groups is 1. The molecule has 6 nitrogen and oxygen atoms in total. The van der Waals surface area contributed by atoms with Gasteiger partial charge in [-0.15, -0.1) is 11.3 Å². The number of carbonyl (C=O) groups excluding carboxylic acids is 1. The number of aromatic nitrogens is 3. The molecule has 0 fully saturated rings. The Balaban J connectivity index is 1.56. The zero-order chi connectivity index (χ0) is 19.7. The summed E-state index contributed by atoms with van der Waals surface area (Å²) >= 11 is 1.50. The minimum Gasteiger partial charge on any atom is -0.300 e. The monoisotopic (exact) mass is 398 g/mol. The Labute approximate surface area is 165 Å². The second kappa shape index (κ2) is 7.63. The SMILES string of the molecule is C[C@H](C(=O)Nc1nc2c(s1)CCCC2)n1nc(-c2ccc(F)cc2)ccc1=O. The van der Waals surface area contributed by atoms with E-state index in [9.17, 15) is 14.0 Å². The molecule has 0 spiro atoms. The molecule has 1 N–H and O–H groups in total. The highest BCUT2D eigenvalue weighted by molar-refractivity contribution is 7.15. The van der Waals surface area contributed by atoms with Crippen molar-refractivity contribution in [2.24, 2.45) is 0 Å². The molecular weight excluding hydrogens is 379 g/mol. The van der Waals surface area contributed by atoms with Crippen LogP contribution >= 0.6 is 11.3 Å². The van der Waals surface area contributed by atoms with Crippen LogP contribution in [0.4, 0.5) is 9.52 Å². The molecule has 0 saturated heterocycles. The Morgan fingerprint density at radius 1 is 1.18 bits per heavy atom. The van der Waals surface area contributed by atoms with Gasteiger partial charge < -0.3 is 5.32 Å². The first-order valence-electron chi connectivity index (χ1n) is 9.16. The second-order valence-electron chi connectivity index (χ2n) is 6.77. The number of nitrogens with zero attached hydrogens (tertiary/aromatic N) is 3. The van der Waals surface area contributed by atoms with Crippen molar-refractivity contribution in [1.82, 2.24) is 14.8 Å². The van der Waals surface area contributed by atoms with E-state index >= 15 is 0 Å². The molecule has 0 radical (unpaired) electrons. The maximum absolute atomic E-state index is 13.1. The summed E-state index contributed by atoms with van der Waals surface area (Å²) in [7, 11) is 0. The number of hydrogen-bond donors (Lipinski definition) is 1. The van der Waals surface area contributed by atoms with Gasteiger partial charge in [0.25, 0.3) is 11.5 Å². The zero-order valence-electron chi connectivity index (χ0n) is 15.3. The fraction of sp³-hybridized carbons (Fsp3) is 0.300. The molecule has 4 rings (SSSR count). The number of aryl methyl sites for hydroxylation is 2. The molecule has 0 unspecified atom stereocenters. The summed E-state index contributed by atoms with van der Waals surface area (Å²) in [5.41, 5.74) is 1.83. The van der Waals surface area contributed by atoms with Crippen LogP contribution in [0, 0.1) is 5.82 Å². The number of halogens is 1. The van der Waals surface area contributed by atoms with E-state index in [0.717, 1.165) is 36.1 Å². The Morgan fingerprint density at radius 3 is 2.68 bits per heavy atom. The first-order valence-corrected chi connectivity index (χ1v) is 9.98. The van der Waals surface area contributed by atoms with Crippen LogP contribution in [0.5, 0.6) is 0 Å². The van der Waals surface area contributed by atoms with Crippen molar-refractivity contribution in [2.45, 2.75) is 38.6 Å². The van der Waals surface area contributed by atoms with Gasteiger partial charge >= 0.3 is 0 Å². The van der Waals surface area contributed by atoms with E-state index in [4.69, 9.17) is 0 Å². The summed E-state index contributed by atoms with van der Waals surface area (Å²) in [6.07, 6.45) is 4.21. The van der Waals surface area contributed by atoms with Crippen molar-refractivity contribution in [2.75, 3.05) is 5.32 Å². The van der Waals surface area contributed by atoms with Crippen LogP contribution in [0.25, 0.3) is 11.3 Å². The number of anilines is 1. The molecule has 0 bridgehead atoms. The van der Waals surface area contributed by atoms with Crippen LogP contribution in [0.3, 0.4) is 0 Å². The summed E-state index contributed by atoms with van der Waals surface area (Å²) < 4.78 is 14.3. The summed E-state index contributed by atoms with van der Waals surface area (Å²) in [6.45, 7) is 1.62. The highest BCUT2D eigenvalue weighted by Crippen LogP contribution is 2.29. The second-order valence-corrected chi connectivity index (χ2v) is 7.85. The van der Waals surface area contributed by atoms with Gasteiger partial charge in [-0.25, -0.2) is 14.1 Å². The molecule has 0 aliphatic heterocycles. The molecular formula is C20H19FN4O2S. The quantitative estimate of drug-likeness (QED) is 0.729.